The summed E-state index contributed by atoms with van der Waals surface area (Å²) in [6.07, 6.45) is 3.42. The van der Waals surface area contributed by atoms with Crippen molar-refractivity contribution in [1.29, 1.82) is 0 Å². The molecule has 0 aliphatic heterocycles. The predicted molar refractivity (Wildman–Crippen MR) is 112 cm³/mol. The Kier molecular flexibility index (Phi) is 5.47. The number of methoxy groups -OCH3 is 1. The van der Waals surface area contributed by atoms with Crippen LogP contribution in [0, 0.1) is 5.82 Å². The average Bonchev–Trinajstić information content (AvgIpc) is 3.23. The Morgan fingerprint density at radius 2 is 2.00 bits per heavy atom. The van der Waals surface area contributed by atoms with Crippen LogP contribution in [0.3, 0.4) is 0 Å². The number of ether oxygens (including phenoxy) is 2. The lowest BCUT2D eigenvalue weighted by molar-refractivity contribution is 0.232. The van der Waals surface area contributed by atoms with Gasteiger partial charge in [0.25, 0.3) is 0 Å². The van der Waals surface area contributed by atoms with Crippen LogP contribution < -0.4 is 14.8 Å². The Hall–Kier alpha value is -3.68. The molecular weight excluding hydrogens is 385 g/mol. The van der Waals surface area contributed by atoms with Crippen LogP contribution in [0.1, 0.15) is 19.4 Å². The highest BCUT2D eigenvalue weighted by atomic mass is 19.1. The molecule has 0 bridgehead atoms. The third-order valence-electron chi connectivity index (χ3n) is 4.60. The van der Waals surface area contributed by atoms with E-state index in [1.807, 2.05) is 42.5 Å². The van der Waals surface area contributed by atoms with E-state index in [0.29, 0.717) is 22.8 Å². The molecule has 0 radical (unpaired) electrons. The maximum atomic E-state index is 14.2. The van der Waals surface area contributed by atoms with Crippen LogP contribution in [0.2, 0.25) is 0 Å². The standard InChI is InChI=1S/C22H22FN5O2/c1-14(2)30-21-10-7-15(11-25-21)16-8-9-20(28-13-26-27-22(16)28)24-12-17-18(23)5-4-6-19(17)29-3/h4-11,13-14,24H,12H2,1-3H3. The Labute approximate surface area is 173 Å². The van der Waals surface area contributed by atoms with Crippen molar-refractivity contribution in [2.75, 3.05) is 12.4 Å². The second-order valence-corrected chi connectivity index (χ2v) is 6.98. The maximum Gasteiger partial charge on any atom is 0.213 e. The monoisotopic (exact) mass is 407 g/mol. The quantitative estimate of drug-likeness (QED) is 0.491. The molecule has 3 aromatic heterocycles. The average molecular weight is 407 g/mol. The molecule has 0 fully saturated rings. The zero-order valence-electron chi connectivity index (χ0n) is 17.0. The molecule has 154 valence electrons. The Morgan fingerprint density at radius 1 is 1.13 bits per heavy atom. The summed E-state index contributed by atoms with van der Waals surface area (Å²) in [7, 11) is 1.52. The van der Waals surface area contributed by atoms with Crippen LogP contribution in [0.4, 0.5) is 10.2 Å². The second kappa shape index (κ2) is 8.36. The van der Waals surface area contributed by atoms with Gasteiger partial charge in [-0.1, -0.05) is 6.07 Å². The second-order valence-electron chi connectivity index (χ2n) is 6.98. The Balaban J connectivity index is 1.62. The molecule has 0 saturated carbocycles. The fraction of sp³-hybridized carbons (Fsp3) is 0.227. The van der Waals surface area contributed by atoms with Crippen LogP contribution >= 0.6 is 0 Å². The molecule has 0 atom stereocenters. The zero-order valence-corrected chi connectivity index (χ0v) is 17.0. The van der Waals surface area contributed by atoms with Crippen molar-refractivity contribution in [3.05, 3.63) is 66.4 Å². The molecule has 0 saturated heterocycles. The van der Waals surface area contributed by atoms with Gasteiger partial charge in [0.1, 0.15) is 23.7 Å². The number of hydrogen-bond acceptors (Lipinski definition) is 6. The smallest absolute Gasteiger partial charge is 0.213 e. The number of aromatic nitrogens is 4. The van der Waals surface area contributed by atoms with Crippen LogP contribution in [-0.4, -0.2) is 32.8 Å². The van der Waals surface area contributed by atoms with Gasteiger partial charge in [0.05, 0.1) is 13.2 Å². The van der Waals surface area contributed by atoms with E-state index in [1.54, 1.807) is 24.7 Å². The first kappa shape index (κ1) is 19.6. The fourth-order valence-corrected chi connectivity index (χ4v) is 3.21. The lowest BCUT2D eigenvalue weighted by Crippen LogP contribution is -2.07. The summed E-state index contributed by atoms with van der Waals surface area (Å²) in [5, 5.41) is 11.5. The van der Waals surface area contributed by atoms with E-state index in [-0.39, 0.29) is 18.5 Å². The lowest BCUT2D eigenvalue weighted by Gasteiger charge is -2.14. The Bertz CT molecular complexity index is 1160. The van der Waals surface area contributed by atoms with Gasteiger partial charge in [-0.3, -0.25) is 4.40 Å². The molecule has 4 rings (SSSR count). The molecular formula is C22H22FN5O2. The number of nitrogens with one attached hydrogen (secondary N) is 1. The van der Waals surface area contributed by atoms with Crippen LogP contribution in [0.25, 0.3) is 16.8 Å². The van der Waals surface area contributed by atoms with Gasteiger partial charge in [0, 0.05) is 35.5 Å². The summed E-state index contributed by atoms with van der Waals surface area (Å²) in [5.41, 5.74) is 2.90. The third kappa shape index (κ3) is 3.89. The van der Waals surface area contributed by atoms with Crippen molar-refractivity contribution < 1.29 is 13.9 Å². The van der Waals surface area contributed by atoms with E-state index in [0.717, 1.165) is 16.9 Å². The van der Waals surface area contributed by atoms with Gasteiger partial charge in [0.2, 0.25) is 5.88 Å². The van der Waals surface area contributed by atoms with Crippen molar-refractivity contribution in [1.82, 2.24) is 19.6 Å². The van der Waals surface area contributed by atoms with E-state index >= 15 is 0 Å². The molecule has 8 heteroatoms. The topological polar surface area (TPSA) is 73.6 Å². The van der Waals surface area contributed by atoms with Crippen molar-refractivity contribution in [3.8, 4) is 22.8 Å². The number of benzene rings is 1. The highest BCUT2D eigenvalue weighted by molar-refractivity contribution is 5.78. The highest BCUT2D eigenvalue weighted by Gasteiger charge is 2.13. The minimum Gasteiger partial charge on any atom is -0.496 e. The van der Waals surface area contributed by atoms with Crippen molar-refractivity contribution in [2.24, 2.45) is 0 Å². The number of hydrogen-bond donors (Lipinski definition) is 1. The van der Waals surface area contributed by atoms with E-state index in [4.69, 9.17) is 9.47 Å². The summed E-state index contributed by atoms with van der Waals surface area (Å²) in [4.78, 5) is 4.36. The van der Waals surface area contributed by atoms with Crippen molar-refractivity contribution in [3.63, 3.8) is 0 Å². The van der Waals surface area contributed by atoms with Gasteiger partial charge in [0.15, 0.2) is 5.65 Å². The number of nitrogens with zero attached hydrogens (tertiary/aromatic N) is 4. The Morgan fingerprint density at radius 3 is 2.73 bits per heavy atom. The number of fused-ring (bicyclic) bond motifs is 1. The molecule has 7 nitrogen and oxygen atoms in total. The molecule has 0 spiro atoms. The number of rotatable bonds is 7. The highest BCUT2D eigenvalue weighted by Crippen LogP contribution is 2.28. The third-order valence-corrected chi connectivity index (χ3v) is 4.60. The molecule has 30 heavy (non-hydrogen) atoms. The van der Waals surface area contributed by atoms with Crippen molar-refractivity contribution in [2.45, 2.75) is 26.5 Å². The molecule has 0 amide bonds. The summed E-state index contributed by atoms with van der Waals surface area (Å²) in [6.45, 7) is 4.17. The van der Waals surface area contributed by atoms with E-state index < -0.39 is 0 Å². The lowest BCUT2D eigenvalue weighted by atomic mass is 10.1. The van der Waals surface area contributed by atoms with Crippen LogP contribution in [0.5, 0.6) is 11.6 Å². The van der Waals surface area contributed by atoms with E-state index in [2.05, 4.69) is 20.5 Å². The first-order chi connectivity index (χ1) is 14.6. The van der Waals surface area contributed by atoms with Crippen LogP contribution in [0.15, 0.2) is 55.0 Å². The molecule has 0 unspecified atom stereocenters. The van der Waals surface area contributed by atoms with E-state index in [9.17, 15) is 4.39 Å². The number of pyridine rings is 2. The van der Waals surface area contributed by atoms with Gasteiger partial charge in [-0.25, -0.2) is 9.37 Å². The van der Waals surface area contributed by atoms with Crippen LogP contribution in [-0.2, 0) is 6.54 Å². The zero-order chi connectivity index (χ0) is 21.1. The first-order valence-electron chi connectivity index (χ1n) is 9.58. The molecule has 3 heterocycles. The molecule has 0 aliphatic rings. The molecule has 4 aromatic rings. The normalized spacial score (nSPS) is 11.1. The summed E-state index contributed by atoms with van der Waals surface area (Å²) >= 11 is 0. The minimum atomic E-state index is -0.326. The maximum absolute atomic E-state index is 14.2. The number of halogens is 1. The molecule has 1 N–H and O–H groups in total. The molecule has 0 aliphatic carbocycles. The van der Waals surface area contributed by atoms with Gasteiger partial charge in [-0.15, -0.1) is 10.2 Å². The number of anilines is 1. The first-order valence-corrected chi connectivity index (χ1v) is 9.58. The van der Waals surface area contributed by atoms with E-state index in [1.165, 1.54) is 13.2 Å². The predicted octanol–water partition coefficient (Wildman–Crippen LogP) is 4.34. The summed E-state index contributed by atoms with van der Waals surface area (Å²) < 4.78 is 26.9. The summed E-state index contributed by atoms with van der Waals surface area (Å²) in [5.74, 6) is 1.47. The SMILES string of the molecule is COc1cccc(F)c1CNc1ccc(-c2ccc(OC(C)C)nc2)c2nncn12. The fourth-order valence-electron chi connectivity index (χ4n) is 3.21. The minimum absolute atomic E-state index is 0.0602. The molecule has 1 aromatic carbocycles. The van der Waals surface area contributed by atoms with Gasteiger partial charge < -0.3 is 14.8 Å². The van der Waals surface area contributed by atoms with Gasteiger partial charge in [-0.05, 0) is 44.2 Å². The van der Waals surface area contributed by atoms with Gasteiger partial charge >= 0.3 is 0 Å². The van der Waals surface area contributed by atoms with Gasteiger partial charge in [-0.2, -0.15) is 0 Å². The summed E-state index contributed by atoms with van der Waals surface area (Å²) in [6, 6.07) is 12.4. The van der Waals surface area contributed by atoms with Crippen molar-refractivity contribution >= 4 is 11.5 Å². The largest absolute Gasteiger partial charge is 0.496 e.